The van der Waals surface area contributed by atoms with Crippen LogP contribution in [-0.2, 0) is 16.8 Å². The Kier molecular flexibility index (Phi) is 7.79. The van der Waals surface area contributed by atoms with E-state index in [1.54, 1.807) is 16.7 Å². The zero-order chi connectivity index (χ0) is 30.3. The molecular weight excluding hydrogens is 550 g/mol. The Morgan fingerprint density at radius 3 is 2.68 bits per heavy atom. The number of nitrogens with zero attached hydrogens (tertiary/aromatic N) is 4. The van der Waals surface area contributed by atoms with Crippen LogP contribution in [0.15, 0.2) is 60.9 Å². The number of aromatic nitrogens is 2. The van der Waals surface area contributed by atoms with Crippen molar-refractivity contribution in [1.82, 2.24) is 15.1 Å². The van der Waals surface area contributed by atoms with Gasteiger partial charge in [0.25, 0.3) is 0 Å². The first-order valence-electron chi connectivity index (χ1n) is 16.5. The maximum absolute atomic E-state index is 13.9. The molecule has 8 heteroatoms. The lowest BCUT2D eigenvalue weighted by Crippen LogP contribution is -2.52. The van der Waals surface area contributed by atoms with Gasteiger partial charge < -0.3 is 15.0 Å². The van der Waals surface area contributed by atoms with Crippen molar-refractivity contribution >= 4 is 23.4 Å². The van der Waals surface area contributed by atoms with Gasteiger partial charge in [0, 0.05) is 31.8 Å². The molecule has 1 unspecified atom stereocenters. The molecule has 230 valence electrons. The molecule has 44 heavy (non-hydrogen) atoms. The number of allylic oxidation sites excluding steroid dienone is 1. The fourth-order valence-electron chi connectivity index (χ4n) is 7.37. The number of nitrogens with one attached hydrogen (secondary N) is 1. The van der Waals surface area contributed by atoms with Crippen LogP contribution in [0.1, 0.15) is 88.8 Å². The Bertz CT molecular complexity index is 1590. The quantitative estimate of drug-likeness (QED) is 0.323. The summed E-state index contributed by atoms with van der Waals surface area (Å²) in [5, 5.41) is 8.39. The summed E-state index contributed by atoms with van der Waals surface area (Å²) in [6.45, 7) is 4.78. The number of ether oxygens (including phenoxy) is 1. The molecule has 2 aliphatic heterocycles. The molecule has 8 nitrogen and oxygen atoms in total. The molecule has 1 spiro atoms. The molecular formula is C36H43N5O3. The van der Waals surface area contributed by atoms with E-state index in [1.807, 2.05) is 42.1 Å². The second-order valence-corrected chi connectivity index (χ2v) is 13.0. The number of amides is 2. The van der Waals surface area contributed by atoms with Gasteiger partial charge in [0.05, 0.1) is 35.2 Å². The molecule has 1 N–H and O–H groups in total. The van der Waals surface area contributed by atoms with Crippen molar-refractivity contribution in [2.75, 3.05) is 22.9 Å². The molecule has 1 saturated carbocycles. The van der Waals surface area contributed by atoms with Crippen molar-refractivity contribution in [2.24, 2.45) is 0 Å². The average molecular weight is 594 g/mol. The molecule has 2 atom stereocenters. The van der Waals surface area contributed by atoms with Crippen molar-refractivity contribution in [2.45, 2.75) is 95.7 Å². The Labute approximate surface area is 260 Å². The van der Waals surface area contributed by atoms with Gasteiger partial charge in [-0.3, -0.25) is 14.4 Å². The summed E-state index contributed by atoms with van der Waals surface area (Å²) in [5.41, 5.74) is 5.71. The van der Waals surface area contributed by atoms with Gasteiger partial charge >= 0.3 is 6.09 Å². The van der Waals surface area contributed by atoms with Crippen molar-refractivity contribution < 1.29 is 14.3 Å². The molecule has 4 aliphatic rings. The van der Waals surface area contributed by atoms with Gasteiger partial charge in [-0.2, -0.15) is 5.10 Å². The maximum atomic E-state index is 13.9. The largest absolute Gasteiger partial charge is 0.419 e. The van der Waals surface area contributed by atoms with Gasteiger partial charge in [0.15, 0.2) is 0 Å². The third kappa shape index (κ3) is 5.56. The zero-order valence-corrected chi connectivity index (χ0v) is 25.9. The molecule has 1 aromatic heterocycles. The first-order chi connectivity index (χ1) is 21.4. The van der Waals surface area contributed by atoms with Crippen LogP contribution in [0, 0.1) is 0 Å². The SMILES string of the molecule is CC(=O)N1c2ccc(-c3cnn(C4CC4)c3)cc2N(C(=O)Oc2ccc3c(c2)CCNC32/C=C\CCCCCCC2)C[C@@H]1C. The number of rotatable bonds is 3. The summed E-state index contributed by atoms with van der Waals surface area (Å²) in [6.07, 6.45) is 20.0. The highest BCUT2D eigenvalue weighted by molar-refractivity contribution is 6.03. The van der Waals surface area contributed by atoms with Crippen LogP contribution in [-0.4, -0.2) is 40.9 Å². The van der Waals surface area contributed by atoms with E-state index in [2.05, 4.69) is 40.9 Å². The minimum atomic E-state index is -0.436. The summed E-state index contributed by atoms with van der Waals surface area (Å²) >= 11 is 0. The molecule has 7 rings (SSSR count). The molecule has 3 heterocycles. The summed E-state index contributed by atoms with van der Waals surface area (Å²) in [6, 6.07) is 12.4. The Balaban J connectivity index is 1.17. The first kappa shape index (κ1) is 28.8. The number of benzene rings is 2. The van der Waals surface area contributed by atoms with E-state index >= 15 is 0 Å². The number of hydrogen-bond acceptors (Lipinski definition) is 5. The van der Waals surface area contributed by atoms with E-state index in [9.17, 15) is 9.59 Å². The van der Waals surface area contributed by atoms with Gasteiger partial charge in [-0.15, -0.1) is 0 Å². The van der Waals surface area contributed by atoms with E-state index in [0.29, 0.717) is 29.7 Å². The molecule has 2 amide bonds. The standard InChI is InChI=1S/C36H43N5O3/c1-25-23-39(34-21-27(10-15-33(34)41(25)26(2)42)29-22-38-40(24-29)30-11-12-30)35(43)44-31-13-14-32-28(20-31)16-19-37-36(32)17-8-6-4-3-5-7-9-18-36/h8,10,13-15,17,20-22,24-25,30,37H,3-7,9,11-12,16,18-19,23H2,1-2H3/b17-8-/t25-,36?/m0/s1. The molecule has 0 bridgehead atoms. The molecule has 3 aromatic rings. The average Bonchev–Trinajstić information content (AvgIpc) is 3.75. The van der Waals surface area contributed by atoms with Crippen molar-refractivity contribution in [1.29, 1.82) is 0 Å². The second-order valence-electron chi connectivity index (χ2n) is 13.0. The van der Waals surface area contributed by atoms with Gasteiger partial charge in [0.2, 0.25) is 5.91 Å². The highest BCUT2D eigenvalue weighted by atomic mass is 16.6. The highest BCUT2D eigenvalue weighted by Crippen LogP contribution is 2.41. The van der Waals surface area contributed by atoms with E-state index in [0.717, 1.165) is 49.8 Å². The number of anilines is 2. The Morgan fingerprint density at radius 2 is 1.84 bits per heavy atom. The number of carbonyl (C=O) groups is 2. The van der Waals surface area contributed by atoms with Gasteiger partial charge in [0.1, 0.15) is 5.75 Å². The number of carbonyl (C=O) groups excluding carboxylic acids is 2. The van der Waals surface area contributed by atoms with Gasteiger partial charge in [-0.05, 0) is 86.4 Å². The lowest BCUT2D eigenvalue weighted by Gasteiger charge is -2.40. The maximum Gasteiger partial charge on any atom is 0.419 e. The van der Waals surface area contributed by atoms with Gasteiger partial charge in [-0.1, -0.05) is 50.0 Å². The Morgan fingerprint density at radius 1 is 1.00 bits per heavy atom. The lowest BCUT2D eigenvalue weighted by atomic mass is 9.78. The molecule has 0 saturated heterocycles. The molecule has 2 aromatic carbocycles. The van der Waals surface area contributed by atoms with Crippen LogP contribution in [0.5, 0.6) is 5.75 Å². The van der Waals surface area contributed by atoms with E-state index in [1.165, 1.54) is 43.2 Å². The van der Waals surface area contributed by atoms with E-state index < -0.39 is 6.09 Å². The summed E-state index contributed by atoms with van der Waals surface area (Å²) < 4.78 is 8.12. The van der Waals surface area contributed by atoms with Crippen LogP contribution in [0.4, 0.5) is 16.2 Å². The highest BCUT2D eigenvalue weighted by Gasteiger charge is 2.36. The third-order valence-corrected chi connectivity index (χ3v) is 9.77. The van der Waals surface area contributed by atoms with Crippen molar-refractivity contribution in [3.8, 4) is 16.9 Å². The van der Waals surface area contributed by atoms with E-state index in [-0.39, 0.29) is 17.5 Å². The van der Waals surface area contributed by atoms with E-state index in [4.69, 9.17) is 4.74 Å². The minimum Gasteiger partial charge on any atom is -0.410 e. The fourth-order valence-corrected chi connectivity index (χ4v) is 7.37. The summed E-state index contributed by atoms with van der Waals surface area (Å²) in [7, 11) is 0. The Hall–Kier alpha value is -3.91. The molecule has 0 radical (unpaired) electrons. The van der Waals surface area contributed by atoms with Crippen LogP contribution in [0.3, 0.4) is 0 Å². The summed E-state index contributed by atoms with van der Waals surface area (Å²) in [5.74, 6) is 0.507. The third-order valence-electron chi connectivity index (χ3n) is 9.77. The fraction of sp³-hybridized carbons (Fsp3) is 0.472. The normalized spacial score (nSPS) is 24.4. The smallest absolute Gasteiger partial charge is 0.410 e. The molecule has 2 aliphatic carbocycles. The second kappa shape index (κ2) is 11.9. The summed E-state index contributed by atoms with van der Waals surface area (Å²) in [4.78, 5) is 30.0. The minimum absolute atomic E-state index is 0.0483. The van der Waals surface area contributed by atoms with Gasteiger partial charge in [-0.25, -0.2) is 4.79 Å². The van der Waals surface area contributed by atoms with Crippen LogP contribution in [0.2, 0.25) is 0 Å². The zero-order valence-electron chi connectivity index (χ0n) is 25.9. The van der Waals surface area contributed by atoms with Crippen LogP contribution >= 0.6 is 0 Å². The topological polar surface area (TPSA) is 79.7 Å². The lowest BCUT2D eigenvalue weighted by molar-refractivity contribution is -0.117. The van der Waals surface area contributed by atoms with Crippen LogP contribution in [0.25, 0.3) is 11.1 Å². The predicted molar refractivity (Wildman–Crippen MR) is 173 cm³/mol. The van der Waals surface area contributed by atoms with Crippen molar-refractivity contribution in [3.63, 3.8) is 0 Å². The molecule has 1 fully saturated rings. The van der Waals surface area contributed by atoms with Crippen molar-refractivity contribution in [3.05, 3.63) is 72.1 Å². The monoisotopic (exact) mass is 593 g/mol. The first-order valence-corrected chi connectivity index (χ1v) is 16.5. The number of fused-ring (bicyclic) bond motifs is 3. The predicted octanol–water partition coefficient (Wildman–Crippen LogP) is 7.29. The number of hydrogen-bond donors (Lipinski definition) is 1. The van der Waals surface area contributed by atoms with Crippen LogP contribution < -0.4 is 19.9 Å².